The Bertz CT molecular complexity index is 1380. The van der Waals surface area contributed by atoms with E-state index in [1.165, 1.54) is 76.3 Å². The van der Waals surface area contributed by atoms with Gasteiger partial charge in [-0.15, -0.1) is 0 Å². The molecule has 0 amide bonds. The van der Waals surface area contributed by atoms with Crippen molar-refractivity contribution in [1.29, 1.82) is 0 Å². The molecule has 1 unspecified atom stereocenters. The molecule has 0 saturated carbocycles. The van der Waals surface area contributed by atoms with E-state index in [2.05, 4.69) is 20.1 Å². The smallest absolute Gasteiger partial charge is 0.330 e. The van der Waals surface area contributed by atoms with E-state index >= 15 is 0 Å². The molecule has 0 aliphatic carbocycles. The van der Waals surface area contributed by atoms with Gasteiger partial charge in [0, 0.05) is 24.1 Å². The molecule has 0 N–H and O–H groups in total. The Morgan fingerprint density at radius 2 is 1.05 bits per heavy atom. The maximum Gasteiger partial charge on any atom is 0.330 e. The van der Waals surface area contributed by atoms with Crippen LogP contribution < -0.4 is 4.74 Å². The number of carbonyl (C=O) groups excluding carboxylic acids is 3. The molecule has 57 heavy (non-hydrogen) atoms. The Morgan fingerprint density at radius 3 is 1.54 bits per heavy atom. The lowest BCUT2D eigenvalue weighted by atomic mass is 9.94. The normalized spacial score (nSPS) is 11.6. The van der Waals surface area contributed by atoms with Crippen molar-refractivity contribution in [3.63, 3.8) is 0 Å². The zero-order chi connectivity index (χ0) is 41.4. The molecule has 2 rings (SSSR count). The molecule has 0 aliphatic heterocycles. The summed E-state index contributed by atoms with van der Waals surface area (Å²) in [5.74, 6) is -2.78. The fourth-order valence-electron chi connectivity index (χ4n) is 6.82. The SMILES string of the molecule is C=CC(=O)OCCCCCCC(CCCCCCOC(=O)C=C)C(=O)OC(CCCCCCCCCCCCCCC)Oc1ccc(-c2cccc(F)c2F)cc1. The van der Waals surface area contributed by atoms with E-state index in [1.54, 1.807) is 24.3 Å². The lowest BCUT2D eigenvalue weighted by molar-refractivity contribution is -0.170. The van der Waals surface area contributed by atoms with Crippen LogP contribution in [0.2, 0.25) is 0 Å². The average Bonchev–Trinajstić information content (AvgIpc) is 3.21. The van der Waals surface area contributed by atoms with Gasteiger partial charge in [-0.05, 0) is 55.9 Å². The zero-order valence-corrected chi connectivity index (χ0v) is 34.8. The molecule has 2 aromatic rings. The Kier molecular flexibility index (Phi) is 27.6. The molecule has 318 valence electrons. The minimum atomic E-state index is -0.907. The lowest BCUT2D eigenvalue weighted by Gasteiger charge is -2.23. The van der Waals surface area contributed by atoms with E-state index in [0.29, 0.717) is 43.8 Å². The monoisotopic (exact) mass is 797 g/mol. The van der Waals surface area contributed by atoms with Gasteiger partial charge in [0.1, 0.15) is 5.75 Å². The number of benzene rings is 2. The van der Waals surface area contributed by atoms with E-state index in [-0.39, 0.29) is 17.5 Å². The van der Waals surface area contributed by atoms with E-state index in [9.17, 15) is 23.2 Å². The molecule has 0 bridgehead atoms. The quantitative estimate of drug-likeness (QED) is 0.0226. The first-order valence-corrected chi connectivity index (χ1v) is 21.8. The highest BCUT2D eigenvalue weighted by atomic mass is 19.2. The van der Waals surface area contributed by atoms with Crippen molar-refractivity contribution in [2.45, 2.75) is 167 Å². The fourth-order valence-corrected chi connectivity index (χ4v) is 6.82. The van der Waals surface area contributed by atoms with Crippen molar-refractivity contribution in [3.8, 4) is 16.9 Å². The summed E-state index contributed by atoms with van der Waals surface area (Å²) < 4.78 is 51.0. The van der Waals surface area contributed by atoms with Crippen LogP contribution in [0.1, 0.15) is 161 Å². The number of halogens is 2. The predicted molar refractivity (Wildman–Crippen MR) is 225 cm³/mol. The summed E-state index contributed by atoms with van der Waals surface area (Å²) in [4.78, 5) is 36.5. The summed E-state index contributed by atoms with van der Waals surface area (Å²) in [5, 5.41) is 0. The molecule has 0 radical (unpaired) electrons. The van der Waals surface area contributed by atoms with Gasteiger partial charge in [0.05, 0.1) is 19.1 Å². The number of rotatable bonds is 35. The van der Waals surface area contributed by atoms with Crippen molar-refractivity contribution in [2.24, 2.45) is 5.92 Å². The Morgan fingerprint density at radius 1 is 0.596 bits per heavy atom. The molecule has 0 heterocycles. The maximum absolute atomic E-state index is 14.5. The molecule has 7 nitrogen and oxygen atoms in total. The van der Waals surface area contributed by atoms with Gasteiger partial charge in [-0.25, -0.2) is 18.4 Å². The highest BCUT2D eigenvalue weighted by Crippen LogP contribution is 2.28. The van der Waals surface area contributed by atoms with Gasteiger partial charge >= 0.3 is 17.9 Å². The minimum Gasteiger partial charge on any atom is -0.463 e. The molecule has 9 heteroatoms. The van der Waals surface area contributed by atoms with Gasteiger partial charge in [0.15, 0.2) is 11.6 Å². The van der Waals surface area contributed by atoms with Crippen molar-refractivity contribution < 1.29 is 42.1 Å². The van der Waals surface area contributed by atoms with Crippen molar-refractivity contribution in [3.05, 3.63) is 79.4 Å². The van der Waals surface area contributed by atoms with Crippen LogP contribution in [-0.4, -0.2) is 37.4 Å². The maximum atomic E-state index is 14.5. The third kappa shape index (κ3) is 23.1. The van der Waals surface area contributed by atoms with Crippen LogP contribution in [0.4, 0.5) is 8.78 Å². The summed E-state index contributed by atoms with van der Waals surface area (Å²) in [5.41, 5.74) is 0.678. The van der Waals surface area contributed by atoms with E-state index in [1.807, 2.05) is 0 Å². The van der Waals surface area contributed by atoms with E-state index in [4.69, 9.17) is 18.9 Å². The van der Waals surface area contributed by atoms with Gasteiger partial charge in [0.2, 0.25) is 6.29 Å². The van der Waals surface area contributed by atoms with E-state index < -0.39 is 29.9 Å². The van der Waals surface area contributed by atoms with Crippen molar-refractivity contribution in [1.82, 2.24) is 0 Å². The largest absolute Gasteiger partial charge is 0.463 e. The van der Waals surface area contributed by atoms with Crippen LogP contribution in [0.3, 0.4) is 0 Å². The van der Waals surface area contributed by atoms with Crippen LogP contribution in [-0.2, 0) is 28.6 Å². The first-order chi connectivity index (χ1) is 27.8. The summed E-state index contributed by atoms with van der Waals surface area (Å²) in [6.45, 7) is 9.77. The molecule has 0 saturated heterocycles. The van der Waals surface area contributed by atoms with Crippen LogP contribution >= 0.6 is 0 Å². The summed E-state index contributed by atoms with van der Waals surface area (Å²) in [6.07, 6.45) is 26.1. The second-order valence-electron chi connectivity index (χ2n) is 15.0. The van der Waals surface area contributed by atoms with Crippen molar-refractivity contribution in [2.75, 3.05) is 13.2 Å². The van der Waals surface area contributed by atoms with Gasteiger partial charge in [-0.1, -0.05) is 160 Å². The Hall–Kier alpha value is -4.01. The first-order valence-electron chi connectivity index (χ1n) is 21.8. The topological polar surface area (TPSA) is 88.1 Å². The Balaban J connectivity index is 2.00. The molecular weight excluding hydrogens is 727 g/mol. The highest BCUT2D eigenvalue weighted by molar-refractivity contribution is 5.81. The zero-order valence-electron chi connectivity index (χ0n) is 34.8. The molecule has 0 aromatic heterocycles. The van der Waals surface area contributed by atoms with Gasteiger partial charge in [0.25, 0.3) is 0 Å². The minimum absolute atomic E-state index is 0.162. The number of carbonyl (C=O) groups is 3. The number of hydrogen-bond acceptors (Lipinski definition) is 7. The van der Waals surface area contributed by atoms with Gasteiger partial charge in [-0.3, -0.25) is 4.79 Å². The molecule has 1 atom stereocenters. The number of esters is 3. The number of unbranched alkanes of at least 4 members (excludes halogenated alkanes) is 18. The molecular formula is C48H70F2O7. The first kappa shape index (κ1) is 49.1. The fraction of sp³-hybridized carbons (Fsp3) is 0.604. The third-order valence-corrected chi connectivity index (χ3v) is 10.2. The average molecular weight is 797 g/mol. The molecule has 2 aromatic carbocycles. The number of hydrogen-bond donors (Lipinski definition) is 0. The van der Waals surface area contributed by atoms with E-state index in [0.717, 1.165) is 88.8 Å². The van der Waals surface area contributed by atoms with Gasteiger partial charge < -0.3 is 18.9 Å². The molecule has 0 aliphatic rings. The standard InChI is InChI=1S/C48H70F2O7/c1-4-7-8-9-10-11-12-13-14-15-16-17-24-32-46(56-41-35-33-39(34-36-41)42-30-27-31-43(49)47(42)50)57-48(53)40(28-22-18-20-25-37-54-44(51)5-2)29-23-19-21-26-38-55-45(52)6-3/h5-6,27,30-31,33-36,40,46H,2-4,7-26,28-29,32,37-38H2,1H3. The van der Waals surface area contributed by atoms with Crippen LogP contribution in [0, 0.1) is 17.6 Å². The van der Waals surface area contributed by atoms with Crippen LogP contribution in [0.15, 0.2) is 67.8 Å². The van der Waals surface area contributed by atoms with Gasteiger partial charge in [-0.2, -0.15) is 0 Å². The summed E-state index contributed by atoms with van der Waals surface area (Å²) in [6, 6.07) is 10.8. The third-order valence-electron chi connectivity index (χ3n) is 10.2. The Labute approximate surface area is 342 Å². The molecule has 0 fully saturated rings. The number of ether oxygens (including phenoxy) is 4. The summed E-state index contributed by atoms with van der Waals surface area (Å²) in [7, 11) is 0. The second kappa shape index (κ2) is 32.0. The predicted octanol–water partition coefficient (Wildman–Crippen LogP) is 13.3. The molecule has 0 spiro atoms. The second-order valence-corrected chi connectivity index (χ2v) is 15.0. The van der Waals surface area contributed by atoms with Crippen LogP contribution in [0.25, 0.3) is 11.1 Å². The lowest BCUT2D eigenvalue weighted by Crippen LogP contribution is -2.28. The highest BCUT2D eigenvalue weighted by Gasteiger charge is 2.24. The van der Waals surface area contributed by atoms with Crippen LogP contribution in [0.5, 0.6) is 5.75 Å². The summed E-state index contributed by atoms with van der Waals surface area (Å²) >= 11 is 0. The van der Waals surface area contributed by atoms with Crippen molar-refractivity contribution >= 4 is 17.9 Å².